The molecule has 2 aromatic rings. The Hall–Kier alpha value is -3.09. The molecular formula is C18H20N2O5. The minimum Gasteiger partial charge on any atom is -0.480 e. The van der Waals surface area contributed by atoms with E-state index >= 15 is 0 Å². The van der Waals surface area contributed by atoms with Crippen molar-refractivity contribution >= 4 is 17.8 Å². The number of amides is 2. The number of furan rings is 1. The molecule has 0 radical (unpaired) electrons. The zero-order valence-electron chi connectivity index (χ0n) is 13.8. The van der Waals surface area contributed by atoms with Crippen LogP contribution in [0.25, 0.3) is 0 Å². The lowest BCUT2D eigenvalue weighted by atomic mass is 10.0. The summed E-state index contributed by atoms with van der Waals surface area (Å²) in [6.07, 6.45) is 1.83. The van der Waals surface area contributed by atoms with Gasteiger partial charge in [0, 0.05) is 6.42 Å². The molecule has 2 amide bonds. The van der Waals surface area contributed by atoms with Crippen LogP contribution in [0.15, 0.2) is 53.1 Å². The molecule has 7 heteroatoms. The van der Waals surface area contributed by atoms with Crippen LogP contribution in [0.3, 0.4) is 0 Å². The minimum absolute atomic E-state index is 0.0798. The highest BCUT2D eigenvalue weighted by Crippen LogP contribution is 2.07. The quantitative estimate of drug-likeness (QED) is 0.674. The van der Waals surface area contributed by atoms with Gasteiger partial charge < -0.3 is 20.2 Å². The van der Waals surface area contributed by atoms with Crippen LogP contribution in [0.1, 0.15) is 29.5 Å². The van der Waals surface area contributed by atoms with Gasteiger partial charge >= 0.3 is 5.97 Å². The van der Waals surface area contributed by atoms with Crippen LogP contribution in [-0.4, -0.2) is 35.0 Å². The van der Waals surface area contributed by atoms with Crippen molar-refractivity contribution in [3.8, 4) is 0 Å². The second-order valence-electron chi connectivity index (χ2n) is 5.50. The van der Waals surface area contributed by atoms with Crippen molar-refractivity contribution in [3.05, 3.63) is 60.1 Å². The molecule has 0 spiro atoms. The second kappa shape index (κ2) is 8.68. The predicted molar refractivity (Wildman–Crippen MR) is 90.0 cm³/mol. The monoisotopic (exact) mass is 344 g/mol. The van der Waals surface area contributed by atoms with E-state index in [0.29, 0.717) is 0 Å². The van der Waals surface area contributed by atoms with Crippen LogP contribution in [0.5, 0.6) is 0 Å². The van der Waals surface area contributed by atoms with Gasteiger partial charge in [-0.3, -0.25) is 9.59 Å². The fourth-order valence-corrected chi connectivity index (χ4v) is 2.31. The van der Waals surface area contributed by atoms with Gasteiger partial charge in [-0.15, -0.1) is 0 Å². The molecule has 0 saturated heterocycles. The van der Waals surface area contributed by atoms with Crippen molar-refractivity contribution in [2.24, 2.45) is 0 Å². The van der Waals surface area contributed by atoms with Gasteiger partial charge in [-0.2, -0.15) is 0 Å². The third kappa shape index (κ3) is 5.20. The first-order valence-corrected chi connectivity index (χ1v) is 7.92. The van der Waals surface area contributed by atoms with E-state index in [0.717, 1.165) is 5.56 Å². The van der Waals surface area contributed by atoms with E-state index in [1.807, 2.05) is 30.3 Å². The van der Waals surface area contributed by atoms with E-state index < -0.39 is 29.9 Å². The maximum absolute atomic E-state index is 12.5. The molecule has 1 heterocycles. The van der Waals surface area contributed by atoms with Gasteiger partial charge in [0.05, 0.1) is 6.26 Å². The number of hydrogen-bond donors (Lipinski definition) is 3. The summed E-state index contributed by atoms with van der Waals surface area (Å²) in [5.74, 6) is -2.13. The lowest BCUT2D eigenvalue weighted by Gasteiger charge is -2.20. The fraction of sp³-hybridized carbons (Fsp3) is 0.278. The van der Waals surface area contributed by atoms with Crippen molar-refractivity contribution in [1.29, 1.82) is 0 Å². The molecule has 0 bridgehead atoms. The first kappa shape index (κ1) is 18.3. The van der Waals surface area contributed by atoms with Gasteiger partial charge in [-0.25, -0.2) is 4.79 Å². The van der Waals surface area contributed by atoms with Crippen LogP contribution >= 0.6 is 0 Å². The number of carbonyl (C=O) groups excluding carboxylic acids is 2. The molecule has 0 aliphatic rings. The van der Waals surface area contributed by atoms with Crippen LogP contribution < -0.4 is 10.6 Å². The standard InChI is InChI=1S/C18H20N2O5/c1-2-13(18(23)24)19-16(21)14(11-12-7-4-3-5-8-12)20-17(22)15-9-6-10-25-15/h3-10,13-14H,2,11H2,1H3,(H,19,21)(H,20,22)(H,23,24). The molecule has 2 unspecified atom stereocenters. The number of nitrogens with one attached hydrogen (secondary N) is 2. The van der Waals surface area contributed by atoms with Crippen molar-refractivity contribution in [2.75, 3.05) is 0 Å². The SMILES string of the molecule is CCC(NC(=O)C(Cc1ccccc1)NC(=O)c1ccco1)C(=O)O. The van der Waals surface area contributed by atoms with Gasteiger partial charge in [-0.1, -0.05) is 37.3 Å². The first-order chi connectivity index (χ1) is 12.0. The summed E-state index contributed by atoms with van der Waals surface area (Å²) in [7, 11) is 0. The number of carbonyl (C=O) groups is 3. The highest BCUT2D eigenvalue weighted by Gasteiger charge is 2.26. The molecule has 0 fully saturated rings. The Labute approximate surface area is 145 Å². The van der Waals surface area contributed by atoms with Crippen LogP contribution in [-0.2, 0) is 16.0 Å². The molecule has 25 heavy (non-hydrogen) atoms. The van der Waals surface area contributed by atoms with Crippen LogP contribution in [0, 0.1) is 0 Å². The molecule has 0 aliphatic heterocycles. The maximum Gasteiger partial charge on any atom is 0.326 e. The summed E-state index contributed by atoms with van der Waals surface area (Å²) in [5.41, 5.74) is 0.839. The number of benzene rings is 1. The van der Waals surface area contributed by atoms with Gasteiger partial charge in [0.15, 0.2) is 5.76 Å². The highest BCUT2D eigenvalue weighted by atomic mass is 16.4. The Bertz CT molecular complexity index is 712. The smallest absolute Gasteiger partial charge is 0.326 e. The van der Waals surface area contributed by atoms with Crippen molar-refractivity contribution in [2.45, 2.75) is 31.8 Å². The minimum atomic E-state index is -1.12. The Morgan fingerprint density at radius 1 is 1.04 bits per heavy atom. The zero-order chi connectivity index (χ0) is 18.2. The first-order valence-electron chi connectivity index (χ1n) is 7.92. The summed E-state index contributed by atoms with van der Waals surface area (Å²) >= 11 is 0. The van der Waals surface area contributed by atoms with E-state index in [-0.39, 0.29) is 18.6 Å². The molecule has 3 N–H and O–H groups in total. The molecule has 2 rings (SSSR count). The topological polar surface area (TPSA) is 109 Å². The van der Waals surface area contributed by atoms with Gasteiger partial charge in [0.25, 0.3) is 5.91 Å². The lowest BCUT2D eigenvalue weighted by Crippen LogP contribution is -2.52. The summed E-state index contributed by atoms with van der Waals surface area (Å²) in [6.45, 7) is 1.66. The molecule has 0 aliphatic carbocycles. The molecule has 1 aromatic heterocycles. The van der Waals surface area contributed by atoms with Crippen molar-refractivity contribution < 1.29 is 23.9 Å². The van der Waals surface area contributed by atoms with E-state index in [4.69, 9.17) is 9.52 Å². The highest BCUT2D eigenvalue weighted by molar-refractivity contribution is 5.96. The van der Waals surface area contributed by atoms with Gasteiger partial charge in [-0.05, 0) is 24.1 Å². The van der Waals surface area contributed by atoms with Gasteiger partial charge in [0.1, 0.15) is 12.1 Å². The second-order valence-corrected chi connectivity index (χ2v) is 5.50. The average Bonchev–Trinajstić information content (AvgIpc) is 3.14. The van der Waals surface area contributed by atoms with E-state index in [2.05, 4.69) is 10.6 Å². The van der Waals surface area contributed by atoms with Crippen LogP contribution in [0.4, 0.5) is 0 Å². The normalized spacial score (nSPS) is 12.8. The fourth-order valence-electron chi connectivity index (χ4n) is 2.31. The Balaban J connectivity index is 2.14. The number of carboxylic acids is 1. The number of hydrogen-bond acceptors (Lipinski definition) is 4. The van der Waals surface area contributed by atoms with Gasteiger partial charge in [0.2, 0.25) is 5.91 Å². The van der Waals surface area contributed by atoms with Crippen molar-refractivity contribution in [3.63, 3.8) is 0 Å². The molecule has 0 saturated carbocycles. The summed E-state index contributed by atoms with van der Waals surface area (Å²) in [5, 5.41) is 14.2. The maximum atomic E-state index is 12.5. The Morgan fingerprint density at radius 2 is 1.76 bits per heavy atom. The molecule has 132 valence electrons. The summed E-state index contributed by atoms with van der Waals surface area (Å²) in [4.78, 5) is 35.8. The lowest BCUT2D eigenvalue weighted by molar-refractivity contribution is -0.142. The van der Waals surface area contributed by atoms with Crippen molar-refractivity contribution in [1.82, 2.24) is 10.6 Å². The number of carboxylic acid groups (broad SMARTS) is 1. The molecule has 2 atom stereocenters. The summed E-state index contributed by atoms with van der Waals surface area (Å²) in [6, 6.07) is 10.3. The van der Waals surface area contributed by atoms with E-state index in [9.17, 15) is 14.4 Å². The zero-order valence-corrected chi connectivity index (χ0v) is 13.8. The third-order valence-corrected chi connectivity index (χ3v) is 3.67. The van der Waals surface area contributed by atoms with Crippen LogP contribution in [0.2, 0.25) is 0 Å². The molecule has 1 aromatic carbocycles. The summed E-state index contributed by atoms with van der Waals surface area (Å²) < 4.78 is 5.03. The predicted octanol–water partition coefficient (Wildman–Crippen LogP) is 1.60. The number of aliphatic carboxylic acids is 1. The molecule has 7 nitrogen and oxygen atoms in total. The number of rotatable bonds is 8. The Kier molecular flexibility index (Phi) is 6.33. The Morgan fingerprint density at radius 3 is 2.32 bits per heavy atom. The molecular weight excluding hydrogens is 324 g/mol. The average molecular weight is 344 g/mol. The van der Waals surface area contributed by atoms with E-state index in [1.165, 1.54) is 12.3 Å². The van der Waals surface area contributed by atoms with E-state index in [1.54, 1.807) is 13.0 Å². The largest absolute Gasteiger partial charge is 0.480 e. The third-order valence-electron chi connectivity index (χ3n) is 3.67.